The van der Waals surface area contributed by atoms with E-state index in [1.54, 1.807) is 43.6 Å². The summed E-state index contributed by atoms with van der Waals surface area (Å²) in [6.07, 6.45) is 1.64. The number of esters is 1. The fourth-order valence-corrected chi connectivity index (χ4v) is 4.44. The van der Waals surface area contributed by atoms with Gasteiger partial charge in [0.05, 0.1) is 15.5 Å². The number of sulfonamides is 1. The molecule has 34 heavy (non-hydrogen) atoms. The van der Waals surface area contributed by atoms with Gasteiger partial charge in [-0.3, -0.25) is 14.9 Å². The normalized spacial score (nSPS) is 11.3. The number of hydrogen-bond donors (Lipinski definition) is 1. The van der Waals surface area contributed by atoms with Gasteiger partial charge in [-0.05, 0) is 35.9 Å². The van der Waals surface area contributed by atoms with E-state index in [9.17, 15) is 22.8 Å². The zero-order valence-electron chi connectivity index (χ0n) is 18.4. The third kappa shape index (κ3) is 5.90. The van der Waals surface area contributed by atoms with E-state index in [-0.39, 0.29) is 27.7 Å². The summed E-state index contributed by atoms with van der Waals surface area (Å²) in [7, 11) is -0.887. The molecule has 0 aliphatic rings. The lowest BCUT2D eigenvalue weighted by Crippen LogP contribution is -2.35. The summed E-state index contributed by atoms with van der Waals surface area (Å²) in [5.41, 5.74) is 0.815. The maximum Gasteiger partial charge on any atom is 0.340 e. The van der Waals surface area contributed by atoms with Crippen LogP contribution in [0.5, 0.6) is 0 Å². The summed E-state index contributed by atoms with van der Waals surface area (Å²) < 4.78 is 33.6. The van der Waals surface area contributed by atoms with Crippen molar-refractivity contribution in [2.75, 3.05) is 13.7 Å². The highest BCUT2D eigenvalue weighted by molar-refractivity contribution is 7.89. The molecule has 0 spiro atoms. The number of rotatable bonds is 8. The van der Waals surface area contributed by atoms with Gasteiger partial charge in [0, 0.05) is 26.8 Å². The standard InChI is InChI=1S/C23H22ClN3O6S/c1-26-12-6-9-20(26)22(29)25-21(28)15-33-23(30)18-13-17(10-11-19(18)24)34(31,32)27(2)14-16-7-4-3-5-8-16/h3-13H,14-15H2,1-2H3,(H,25,28,29). The van der Waals surface area contributed by atoms with Crippen molar-refractivity contribution in [2.45, 2.75) is 11.4 Å². The lowest BCUT2D eigenvalue weighted by atomic mass is 10.2. The van der Waals surface area contributed by atoms with Gasteiger partial charge >= 0.3 is 5.97 Å². The van der Waals surface area contributed by atoms with Gasteiger partial charge in [0.2, 0.25) is 10.0 Å². The van der Waals surface area contributed by atoms with Crippen LogP contribution in [0.1, 0.15) is 26.4 Å². The lowest BCUT2D eigenvalue weighted by molar-refractivity contribution is -0.123. The molecular weight excluding hydrogens is 482 g/mol. The van der Waals surface area contributed by atoms with E-state index >= 15 is 0 Å². The molecule has 2 amide bonds. The van der Waals surface area contributed by atoms with Crippen LogP contribution >= 0.6 is 11.6 Å². The first kappa shape index (κ1) is 25.2. The van der Waals surface area contributed by atoms with Crippen molar-refractivity contribution in [3.8, 4) is 0 Å². The van der Waals surface area contributed by atoms with Gasteiger partial charge in [-0.15, -0.1) is 0 Å². The van der Waals surface area contributed by atoms with Crippen molar-refractivity contribution in [3.05, 3.63) is 88.7 Å². The summed E-state index contributed by atoms with van der Waals surface area (Å²) in [4.78, 5) is 36.4. The number of aryl methyl sites for hydroxylation is 1. The molecule has 1 N–H and O–H groups in total. The Kier molecular flexibility index (Phi) is 7.87. The molecule has 9 nitrogen and oxygen atoms in total. The second kappa shape index (κ2) is 10.6. The lowest BCUT2D eigenvalue weighted by Gasteiger charge is -2.18. The quantitative estimate of drug-likeness (QED) is 0.472. The topological polar surface area (TPSA) is 115 Å². The van der Waals surface area contributed by atoms with Crippen molar-refractivity contribution in [1.82, 2.24) is 14.2 Å². The van der Waals surface area contributed by atoms with Gasteiger partial charge < -0.3 is 9.30 Å². The molecule has 3 aromatic rings. The molecule has 2 aromatic carbocycles. The number of nitrogens with zero attached hydrogens (tertiary/aromatic N) is 2. The number of imide groups is 1. The van der Waals surface area contributed by atoms with Crippen molar-refractivity contribution < 1.29 is 27.5 Å². The maximum absolute atomic E-state index is 13.0. The smallest absolute Gasteiger partial charge is 0.340 e. The summed E-state index contributed by atoms with van der Waals surface area (Å²) in [5, 5.41) is 2.06. The molecular formula is C23H22ClN3O6S. The largest absolute Gasteiger partial charge is 0.452 e. The van der Waals surface area contributed by atoms with Gasteiger partial charge in [0.25, 0.3) is 11.8 Å². The summed E-state index contributed by atoms with van der Waals surface area (Å²) >= 11 is 6.07. The van der Waals surface area contributed by atoms with Gasteiger partial charge in [-0.2, -0.15) is 4.31 Å². The van der Waals surface area contributed by atoms with Gasteiger partial charge in [-0.1, -0.05) is 41.9 Å². The van der Waals surface area contributed by atoms with E-state index in [2.05, 4.69) is 5.32 Å². The second-order valence-electron chi connectivity index (χ2n) is 7.35. The Morgan fingerprint density at radius 3 is 2.41 bits per heavy atom. The molecule has 0 atom stereocenters. The van der Waals surface area contributed by atoms with Crippen LogP contribution in [0.3, 0.4) is 0 Å². The Labute approximate surface area is 201 Å². The van der Waals surface area contributed by atoms with Crippen LogP contribution in [0, 0.1) is 0 Å². The highest BCUT2D eigenvalue weighted by atomic mass is 35.5. The SMILES string of the molecule is CN(Cc1ccccc1)S(=O)(=O)c1ccc(Cl)c(C(=O)OCC(=O)NC(=O)c2cccn2C)c1. The summed E-state index contributed by atoms with van der Waals surface area (Å²) in [6.45, 7) is -0.628. The van der Waals surface area contributed by atoms with E-state index in [0.29, 0.717) is 0 Å². The van der Waals surface area contributed by atoms with Crippen molar-refractivity contribution in [2.24, 2.45) is 7.05 Å². The van der Waals surface area contributed by atoms with Gasteiger partial charge in [0.1, 0.15) is 5.69 Å². The predicted octanol–water partition coefficient (Wildman–Crippen LogP) is 2.61. The Balaban J connectivity index is 1.67. The molecule has 3 rings (SSSR count). The first-order valence-electron chi connectivity index (χ1n) is 10.0. The van der Waals surface area contributed by atoms with E-state index in [4.69, 9.17) is 16.3 Å². The van der Waals surface area contributed by atoms with Crippen molar-refractivity contribution in [1.29, 1.82) is 0 Å². The van der Waals surface area contributed by atoms with Crippen LogP contribution in [-0.4, -0.2) is 48.7 Å². The van der Waals surface area contributed by atoms with Gasteiger partial charge in [0.15, 0.2) is 6.61 Å². The number of carbonyl (C=O) groups excluding carboxylic acids is 3. The minimum Gasteiger partial charge on any atom is -0.452 e. The average Bonchev–Trinajstić information content (AvgIpc) is 3.24. The first-order chi connectivity index (χ1) is 16.1. The molecule has 0 saturated carbocycles. The minimum absolute atomic E-state index is 0.0463. The monoisotopic (exact) mass is 503 g/mol. The molecule has 0 aliphatic heterocycles. The number of nitrogens with one attached hydrogen (secondary N) is 1. The molecule has 1 heterocycles. The van der Waals surface area contributed by atoms with Gasteiger partial charge in [-0.25, -0.2) is 13.2 Å². The third-order valence-electron chi connectivity index (χ3n) is 4.88. The molecule has 178 valence electrons. The first-order valence-corrected chi connectivity index (χ1v) is 11.8. The number of hydrogen-bond acceptors (Lipinski definition) is 6. The van der Waals surface area contributed by atoms with E-state index in [1.807, 2.05) is 6.07 Å². The highest BCUT2D eigenvalue weighted by Crippen LogP contribution is 2.24. The van der Waals surface area contributed by atoms with Crippen LogP contribution < -0.4 is 5.32 Å². The number of halogens is 1. The zero-order valence-corrected chi connectivity index (χ0v) is 20.0. The van der Waals surface area contributed by atoms with Crippen LogP contribution in [0.15, 0.2) is 71.8 Å². The molecule has 0 unspecified atom stereocenters. The summed E-state index contributed by atoms with van der Waals surface area (Å²) in [5.74, 6) is -2.50. The molecule has 0 saturated heterocycles. The maximum atomic E-state index is 13.0. The molecule has 0 radical (unpaired) electrons. The van der Waals surface area contributed by atoms with E-state index in [1.165, 1.54) is 29.8 Å². The molecule has 0 bridgehead atoms. The molecule has 11 heteroatoms. The average molecular weight is 504 g/mol. The molecule has 1 aromatic heterocycles. The van der Waals surface area contributed by atoms with Crippen LogP contribution in [0.4, 0.5) is 0 Å². The Bertz CT molecular complexity index is 1320. The summed E-state index contributed by atoms with van der Waals surface area (Å²) in [6, 6.07) is 15.8. The zero-order chi connectivity index (χ0) is 24.9. The Morgan fingerprint density at radius 2 is 1.76 bits per heavy atom. The highest BCUT2D eigenvalue weighted by Gasteiger charge is 2.24. The van der Waals surface area contributed by atoms with Crippen molar-refractivity contribution >= 4 is 39.4 Å². The molecule has 0 fully saturated rings. The predicted molar refractivity (Wildman–Crippen MR) is 125 cm³/mol. The van der Waals surface area contributed by atoms with E-state index in [0.717, 1.165) is 15.9 Å². The second-order valence-corrected chi connectivity index (χ2v) is 9.80. The number of aromatic nitrogens is 1. The van der Waals surface area contributed by atoms with Crippen LogP contribution in [-0.2, 0) is 33.1 Å². The fraction of sp³-hybridized carbons (Fsp3) is 0.174. The van der Waals surface area contributed by atoms with Crippen LogP contribution in [0.2, 0.25) is 5.02 Å². The van der Waals surface area contributed by atoms with Crippen LogP contribution in [0.25, 0.3) is 0 Å². The number of ether oxygens (including phenoxy) is 1. The Morgan fingerprint density at radius 1 is 1.06 bits per heavy atom. The fourth-order valence-electron chi connectivity index (χ4n) is 3.06. The number of amides is 2. The number of benzene rings is 2. The van der Waals surface area contributed by atoms with E-state index < -0.39 is 34.4 Å². The number of carbonyl (C=O) groups is 3. The van der Waals surface area contributed by atoms with Crippen molar-refractivity contribution in [3.63, 3.8) is 0 Å². The minimum atomic E-state index is -3.95. The third-order valence-corrected chi connectivity index (χ3v) is 7.01. The Hall–Kier alpha value is -3.47. The molecule has 0 aliphatic carbocycles.